The quantitative estimate of drug-likeness (QED) is 0.619. The molecule has 100 valence electrons. The van der Waals surface area contributed by atoms with Crippen LogP contribution in [-0.2, 0) is 14.3 Å². The zero-order valence-electron chi connectivity index (χ0n) is 9.31. The molecule has 0 aliphatic carbocycles. The molecule has 4 nitrogen and oxygen atoms in total. The molecule has 0 aromatic carbocycles. The van der Waals surface area contributed by atoms with Crippen LogP contribution in [0.5, 0.6) is 0 Å². The van der Waals surface area contributed by atoms with Crippen LogP contribution < -0.4 is 5.32 Å². The second kappa shape index (κ2) is 6.83. The summed E-state index contributed by atoms with van der Waals surface area (Å²) in [6.45, 7) is 1.56. The van der Waals surface area contributed by atoms with Crippen LogP contribution in [0.25, 0.3) is 0 Å². The fourth-order valence-electron chi connectivity index (χ4n) is 1.12. The standard InChI is InChI=1S/C9H13BrF3NO3/c1-5(3-4-10)6(7(15)17-2)14-8(16)9(11,12)13/h5-6H,3-4H2,1-2H3,(H,14,16)/t5-,6-/m0/s1. The van der Waals surface area contributed by atoms with Gasteiger partial charge in [-0.05, 0) is 12.3 Å². The van der Waals surface area contributed by atoms with E-state index in [-0.39, 0.29) is 0 Å². The summed E-state index contributed by atoms with van der Waals surface area (Å²) in [5.74, 6) is -3.50. The van der Waals surface area contributed by atoms with Crippen molar-refractivity contribution in [1.29, 1.82) is 0 Å². The highest BCUT2D eigenvalue weighted by Gasteiger charge is 2.42. The third-order valence-corrected chi connectivity index (χ3v) is 2.59. The first kappa shape index (κ1) is 16.2. The van der Waals surface area contributed by atoms with E-state index in [1.165, 1.54) is 0 Å². The normalized spacial score (nSPS) is 14.9. The molecule has 0 saturated carbocycles. The average molecular weight is 320 g/mol. The van der Waals surface area contributed by atoms with Gasteiger partial charge in [0.2, 0.25) is 0 Å². The first-order valence-electron chi connectivity index (χ1n) is 4.75. The predicted molar refractivity (Wildman–Crippen MR) is 57.6 cm³/mol. The Morgan fingerprint density at radius 3 is 2.29 bits per heavy atom. The summed E-state index contributed by atoms with van der Waals surface area (Å²) in [7, 11) is 1.05. The Labute approximate surface area is 105 Å². The molecule has 0 rings (SSSR count). The van der Waals surface area contributed by atoms with E-state index < -0.39 is 30.0 Å². The minimum absolute atomic E-state index is 0.428. The molecule has 8 heteroatoms. The predicted octanol–water partition coefficient (Wildman–Crippen LogP) is 1.63. The van der Waals surface area contributed by atoms with E-state index in [1.54, 1.807) is 12.2 Å². The van der Waals surface area contributed by atoms with Crippen molar-refractivity contribution in [3.63, 3.8) is 0 Å². The Hall–Kier alpha value is -0.790. The molecule has 2 atom stereocenters. The number of nitrogens with one attached hydrogen (secondary N) is 1. The van der Waals surface area contributed by atoms with Crippen LogP contribution >= 0.6 is 15.9 Å². The molecule has 0 fully saturated rings. The largest absolute Gasteiger partial charge is 0.471 e. The van der Waals surface area contributed by atoms with E-state index in [0.29, 0.717) is 11.8 Å². The Bertz CT molecular complexity index is 283. The van der Waals surface area contributed by atoms with Crippen molar-refractivity contribution in [1.82, 2.24) is 5.32 Å². The Morgan fingerprint density at radius 1 is 1.41 bits per heavy atom. The van der Waals surface area contributed by atoms with Gasteiger partial charge in [-0.3, -0.25) is 4.79 Å². The fourth-order valence-corrected chi connectivity index (χ4v) is 1.84. The molecule has 0 aliphatic rings. The van der Waals surface area contributed by atoms with Crippen molar-refractivity contribution >= 4 is 27.8 Å². The van der Waals surface area contributed by atoms with Crippen molar-refractivity contribution in [3.05, 3.63) is 0 Å². The summed E-state index contributed by atoms with van der Waals surface area (Å²) in [5.41, 5.74) is 0. The Balaban J connectivity index is 4.72. The molecule has 0 saturated heterocycles. The van der Waals surface area contributed by atoms with Gasteiger partial charge in [0.05, 0.1) is 7.11 Å². The molecular formula is C9H13BrF3NO3. The maximum Gasteiger partial charge on any atom is 0.471 e. The first-order chi connectivity index (χ1) is 7.73. The third-order valence-electron chi connectivity index (χ3n) is 2.13. The molecule has 0 heterocycles. The number of alkyl halides is 4. The minimum atomic E-state index is -5.01. The number of hydrogen-bond donors (Lipinski definition) is 1. The molecule has 0 spiro atoms. The Kier molecular flexibility index (Phi) is 6.51. The smallest absolute Gasteiger partial charge is 0.467 e. The van der Waals surface area contributed by atoms with Gasteiger partial charge in [-0.15, -0.1) is 0 Å². The van der Waals surface area contributed by atoms with Gasteiger partial charge in [0.25, 0.3) is 0 Å². The van der Waals surface area contributed by atoms with Crippen molar-refractivity contribution in [2.75, 3.05) is 12.4 Å². The number of ether oxygens (including phenoxy) is 1. The van der Waals surface area contributed by atoms with E-state index >= 15 is 0 Å². The number of rotatable bonds is 5. The zero-order valence-corrected chi connectivity index (χ0v) is 10.9. The van der Waals surface area contributed by atoms with Gasteiger partial charge < -0.3 is 10.1 Å². The van der Waals surface area contributed by atoms with Crippen LogP contribution in [0.15, 0.2) is 0 Å². The van der Waals surface area contributed by atoms with E-state index in [9.17, 15) is 22.8 Å². The molecule has 0 aromatic heterocycles. The lowest BCUT2D eigenvalue weighted by Gasteiger charge is -2.22. The van der Waals surface area contributed by atoms with E-state index in [4.69, 9.17) is 0 Å². The summed E-state index contributed by atoms with van der Waals surface area (Å²) >= 11 is 3.11. The monoisotopic (exact) mass is 319 g/mol. The van der Waals surface area contributed by atoms with Crippen LogP contribution in [0.2, 0.25) is 0 Å². The van der Waals surface area contributed by atoms with Gasteiger partial charge in [-0.1, -0.05) is 22.9 Å². The molecule has 17 heavy (non-hydrogen) atoms. The SMILES string of the molecule is COC(=O)[C@@H](NC(=O)C(F)(F)F)[C@@H](C)CCBr. The van der Waals surface area contributed by atoms with Gasteiger partial charge in [0, 0.05) is 5.33 Å². The maximum absolute atomic E-state index is 12.1. The molecule has 1 amide bonds. The van der Waals surface area contributed by atoms with Crippen LogP contribution in [-0.4, -0.2) is 36.5 Å². The molecule has 1 N–H and O–H groups in total. The van der Waals surface area contributed by atoms with Gasteiger partial charge in [-0.2, -0.15) is 13.2 Å². The lowest BCUT2D eigenvalue weighted by molar-refractivity contribution is -0.176. The van der Waals surface area contributed by atoms with E-state index in [0.717, 1.165) is 7.11 Å². The van der Waals surface area contributed by atoms with Crippen LogP contribution in [0.1, 0.15) is 13.3 Å². The van der Waals surface area contributed by atoms with Crippen molar-refractivity contribution in [3.8, 4) is 0 Å². The average Bonchev–Trinajstić information content (AvgIpc) is 2.23. The van der Waals surface area contributed by atoms with Crippen molar-refractivity contribution in [2.24, 2.45) is 5.92 Å². The number of halogens is 4. The van der Waals surface area contributed by atoms with Crippen LogP contribution in [0.3, 0.4) is 0 Å². The van der Waals surface area contributed by atoms with Gasteiger partial charge in [0.1, 0.15) is 6.04 Å². The van der Waals surface area contributed by atoms with Gasteiger partial charge in [0.15, 0.2) is 0 Å². The van der Waals surface area contributed by atoms with Crippen molar-refractivity contribution < 1.29 is 27.5 Å². The number of amides is 1. The van der Waals surface area contributed by atoms with Crippen molar-refractivity contribution in [2.45, 2.75) is 25.6 Å². The lowest BCUT2D eigenvalue weighted by Crippen LogP contribution is -2.50. The highest BCUT2D eigenvalue weighted by Crippen LogP contribution is 2.17. The molecule has 0 aromatic rings. The van der Waals surface area contributed by atoms with Gasteiger partial charge >= 0.3 is 18.1 Å². The second-order valence-corrected chi connectivity index (χ2v) is 4.22. The summed E-state index contributed by atoms with van der Waals surface area (Å²) in [6, 6.07) is -1.30. The highest BCUT2D eigenvalue weighted by atomic mass is 79.9. The number of carbonyl (C=O) groups excluding carboxylic acids is 2. The van der Waals surface area contributed by atoms with Crippen LogP contribution in [0, 0.1) is 5.92 Å². The van der Waals surface area contributed by atoms with Gasteiger partial charge in [-0.25, -0.2) is 4.79 Å². The number of carbonyl (C=O) groups is 2. The minimum Gasteiger partial charge on any atom is -0.467 e. The molecule has 0 radical (unpaired) electrons. The van der Waals surface area contributed by atoms with E-state index in [1.807, 2.05) is 0 Å². The molecule has 0 bridgehead atoms. The zero-order chi connectivity index (χ0) is 13.6. The molecule has 0 aliphatic heterocycles. The van der Waals surface area contributed by atoms with E-state index in [2.05, 4.69) is 20.7 Å². The maximum atomic E-state index is 12.1. The summed E-state index contributed by atoms with van der Waals surface area (Å²) in [5, 5.41) is 2.14. The lowest BCUT2D eigenvalue weighted by atomic mass is 9.99. The first-order valence-corrected chi connectivity index (χ1v) is 5.87. The second-order valence-electron chi connectivity index (χ2n) is 3.43. The van der Waals surface area contributed by atoms with Crippen LogP contribution in [0.4, 0.5) is 13.2 Å². The third kappa shape index (κ3) is 5.38. The topological polar surface area (TPSA) is 55.4 Å². The highest BCUT2D eigenvalue weighted by molar-refractivity contribution is 9.09. The number of esters is 1. The molecule has 0 unspecified atom stereocenters. The summed E-state index contributed by atoms with van der Waals surface area (Å²) in [4.78, 5) is 22.0. The number of hydrogen-bond acceptors (Lipinski definition) is 3. The summed E-state index contributed by atoms with van der Waals surface area (Å²) < 4.78 is 40.5. The molecular weight excluding hydrogens is 307 g/mol. The fraction of sp³-hybridized carbons (Fsp3) is 0.778. The Morgan fingerprint density at radius 2 is 1.94 bits per heavy atom. The number of methoxy groups -OCH3 is 1. The summed E-state index contributed by atoms with van der Waals surface area (Å²) in [6.07, 6.45) is -4.59.